The Morgan fingerprint density at radius 2 is 1.86 bits per heavy atom. The Kier molecular flexibility index (Phi) is 2.53. The lowest BCUT2D eigenvalue weighted by Gasteiger charge is -2.02. The van der Waals surface area contributed by atoms with Crippen LogP contribution in [0.1, 0.15) is 0 Å². The van der Waals surface area contributed by atoms with Crippen molar-refractivity contribution in [3.63, 3.8) is 0 Å². The van der Waals surface area contributed by atoms with Crippen molar-refractivity contribution in [1.82, 2.24) is 4.98 Å². The molecule has 1 heterocycles. The normalized spacial score (nSPS) is 10.9. The number of fused-ring (bicyclic) bond motifs is 1. The van der Waals surface area contributed by atoms with E-state index in [0.29, 0.717) is 4.47 Å². The van der Waals surface area contributed by atoms with Crippen LogP contribution >= 0.6 is 31.9 Å². The van der Waals surface area contributed by atoms with E-state index in [9.17, 15) is 8.78 Å². The van der Waals surface area contributed by atoms with E-state index in [1.807, 2.05) is 0 Å². The van der Waals surface area contributed by atoms with E-state index in [1.54, 1.807) is 0 Å². The molecule has 0 unspecified atom stereocenters. The van der Waals surface area contributed by atoms with Crippen LogP contribution in [0.5, 0.6) is 0 Å². The molecule has 0 aliphatic rings. The third kappa shape index (κ3) is 1.54. The molecule has 0 aliphatic carbocycles. The summed E-state index contributed by atoms with van der Waals surface area (Å²) in [6.45, 7) is 0. The minimum absolute atomic E-state index is 0.0360. The van der Waals surface area contributed by atoms with Gasteiger partial charge < -0.3 is 0 Å². The van der Waals surface area contributed by atoms with Gasteiger partial charge in [-0.15, -0.1) is 0 Å². The fourth-order valence-electron chi connectivity index (χ4n) is 1.17. The monoisotopic (exact) mass is 321 g/mol. The van der Waals surface area contributed by atoms with E-state index >= 15 is 0 Å². The number of benzene rings is 1. The molecule has 0 spiro atoms. The van der Waals surface area contributed by atoms with E-state index < -0.39 is 11.6 Å². The molecule has 2 aromatic rings. The number of rotatable bonds is 0. The Labute approximate surface area is 95.4 Å². The van der Waals surface area contributed by atoms with Crippen LogP contribution in [-0.2, 0) is 0 Å². The summed E-state index contributed by atoms with van der Waals surface area (Å²) in [5, 5.41) is 0.159. The molecule has 1 nitrogen and oxygen atoms in total. The Balaban J connectivity index is 2.95. The Morgan fingerprint density at radius 1 is 1.14 bits per heavy atom. The number of aromatic nitrogens is 1. The second-order valence-electron chi connectivity index (χ2n) is 2.70. The molecule has 1 aromatic carbocycles. The van der Waals surface area contributed by atoms with Crippen LogP contribution in [-0.4, -0.2) is 4.98 Å². The molecule has 0 aliphatic heterocycles. The first-order valence-corrected chi connectivity index (χ1v) is 5.27. The number of halogens is 4. The molecular weight excluding hydrogens is 320 g/mol. The molecule has 0 amide bonds. The summed E-state index contributed by atoms with van der Waals surface area (Å²) in [6.07, 6.45) is 1.43. The molecule has 72 valence electrons. The van der Waals surface area contributed by atoms with Crippen molar-refractivity contribution in [2.75, 3.05) is 0 Å². The fraction of sp³-hybridized carbons (Fsp3) is 0. The zero-order valence-corrected chi connectivity index (χ0v) is 9.86. The standard InChI is InChI=1S/C9H3Br2F2N/c10-4-1-5-8(13)6(11)2-7(12)9(5)14-3-4/h1-3H. The van der Waals surface area contributed by atoms with Crippen LogP contribution < -0.4 is 0 Å². The Morgan fingerprint density at radius 3 is 2.57 bits per heavy atom. The summed E-state index contributed by atoms with van der Waals surface area (Å²) >= 11 is 6.08. The lowest BCUT2D eigenvalue weighted by Crippen LogP contribution is -1.89. The summed E-state index contributed by atoms with van der Waals surface area (Å²) in [6, 6.07) is 2.56. The second kappa shape index (κ2) is 3.55. The first-order valence-electron chi connectivity index (χ1n) is 3.68. The smallest absolute Gasteiger partial charge is 0.150 e. The summed E-state index contributed by atoms with van der Waals surface area (Å²) in [5.74, 6) is -1.05. The average molecular weight is 323 g/mol. The molecule has 0 fully saturated rings. The molecule has 0 N–H and O–H groups in total. The highest BCUT2D eigenvalue weighted by Gasteiger charge is 2.11. The first-order chi connectivity index (χ1) is 6.59. The van der Waals surface area contributed by atoms with E-state index in [0.717, 1.165) is 6.07 Å². The van der Waals surface area contributed by atoms with Gasteiger partial charge in [0.1, 0.15) is 11.3 Å². The van der Waals surface area contributed by atoms with Crippen molar-refractivity contribution in [2.45, 2.75) is 0 Å². The topological polar surface area (TPSA) is 12.9 Å². The summed E-state index contributed by atoms with van der Waals surface area (Å²) < 4.78 is 27.5. The lowest BCUT2D eigenvalue weighted by molar-refractivity contribution is 0.610. The van der Waals surface area contributed by atoms with Gasteiger partial charge in [0.05, 0.1) is 4.47 Å². The predicted molar refractivity (Wildman–Crippen MR) is 57.1 cm³/mol. The number of nitrogens with zero attached hydrogens (tertiary/aromatic N) is 1. The maximum atomic E-state index is 13.5. The minimum Gasteiger partial charge on any atom is -0.252 e. The third-order valence-electron chi connectivity index (χ3n) is 1.78. The summed E-state index contributed by atoms with van der Waals surface area (Å²) in [7, 11) is 0. The SMILES string of the molecule is Fc1c(Br)cc(F)c2ncc(Br)cc12. The fourth-order valence-corrected chi connectivity index (χ4v) is 1.91. The summed E-state index contributed by atoms with van der Waals surface area (Å²) in [4.78, 5) is 3.80. The second-order valence-corrected chi connectivity index (χ2v) is 4.47. The number of pyridine rings is 1. The van der Waals surface area contributed by atoms with Gasteiger partial charge in [0.15, 0.2) is 5.82 Å². The third-order valence-corrected chi connectivity index (χ3v) is 2.79. The van der Waals surface area contributed by atoms with Crippen LogP contribution in [0.4, 0.5) is 8.78 Å². The zero-order valence-electron chi connectivity index (χ0n) is 6.69. The van der Waals surface area contributed by atoms with Crippen molar-refractivity contribution >= 4 is 42.8 Å². The molecular formula is C9H3Br2F2N. The number of hydrogen-bond donors (Lipinski definition) is 0. The van der Waals surface area contributed by atoms with Gasteiger partial charge >= 0.3 is 0 Å². The highest BCUT2D eigenvalue weighted by Crippen LogP contribution is 2.28. The van der Waals surface area contributed by atoms with E-state index in [4.69, 9.17) is 0 Å². The Bertz CT molecular complexity index is 514. The molecule has 0 atom stereocenters. The zero-order chi connectivity index (χ0) is 10.3. The van der Waals surface area contributed by atoms with Crippen LogP contribution in [0.15, 0.2) is 27.3 Å². The van der Waals surface area contributed by atoms with Gasteiger partial charge in [-0.25, -0.2) is 8.78 Å². The van der Waals surface area contributed by atoms with Crippen LogP contribution in [0, 0.1) is 11.6 Å². The highest BCUT2D eigenvalue weighted by molar-refractivity contribution is 9.10. The van der Waals surface area contributed by atoms with Gasteiger partial charge in [0.2, 0.25) is 0 Å². The van der Waals surface area contributed by atoms with Crippen LogP contribution in [0.3, 0.4) is 0 Å². The molecule has 0 saturated heterocycles. The molecule has 1 aromatic heterocycles. The van der Waals surface area contributed by atoms with E-state index in [1.165, 1.54) is 12.3 Å². The highest BCUT2D eigenvalue weighted by atomic mass is 79.9. The van der Waals surface area contributed by atoms with Crippen LogP contribution in [0.25, 0.3) is 10.9 Å². The van der Waals surface area contributed by atoms with Gasteiger partial charge in [-0.2, -0.15) is 0 Å². The predicted octanol–water partition coefficient (Wildman–Crippen LogP) is 4.04. The maximum absolute atomic E-state index is 13.5. The van der Waals surface area contributed by atoms with Gasteiger partial charge in [-0.1, -0.05) is 0 Å². The average Bonchev–Trinajstić information content (AvgIpc) is 2.14. The van der Waals surface area contributed by atoms with Crippen molar-refractivity contribution in [1.29, 1.82) is 0 Å². The minimum atomic E-state index is -0.541. The van der Waals surface area contributed by atoms with Crippen molar-refractivity contribution in [2.24, 2.45) is 0 Å². The lowest BCUT2D eigenvalue weighted by atomic mass is 10.2. The van der Waals surface area contributed by atoms with Gasteiger partial charge in [0.25, 0.3) is 0 Å². The van der Waals surface area contributed by atoms with Crippen molar-refractivity contribution in [3.05, 3.63) is 38.9 Å². The van der Waals surface area contributed by atoms with Crippen LogP contribution in [0.2, 0.25) is 0 Å². The van der Waals surface area contributed by atoms with E-state index in [-0.39, 0.29) is 15.4 Å². The quantitative estimate of drug-likeness (QED) is 0.667. The maximum Gasteiger partial charge on any atom is 0.150 e. The first kappa shape index (κ1) is 9.98. The number of hydrogen-bond acceptors (Lipinski definition) is 1. The van der Waals surface area contributed by atoms with E-state index in [2.05, 4.69) is 36.8 Å². The molecule has 2 rings (SSSR count). The van der Waals surface area contributed by atoms with Gasteiger partial charge in [0, 0.05) is 16.1 Å². The largest absolute Gasteiger partial charge is 0.252 e. The molecule has 0 radical (unpaired) electrons. The van der Waals surface area contributed by atoms with Gasteiger partial charge in [-0.3, -0.25) is 4.98 Å². The van der Waals surface area contributed by atoms with Crippen molar-refractivity contribution in [3.8, 4) is 0 Å². The summed E-state index contributed by atoms with van der Waals surface area (Å²) in [5.41, 5.74) is 0.0360. The molecule has 14 heavy (non-hydrogen) atoms. The molecule has 0 bridgehead atoms. The van der Waals surface area contributed by atoms with Crippen molar-refractivity contribution < 1.29 is 8.78 Å². The molecule has 0 saturated carbocycles. The van der Waals surface area contributed by atoms with Gasteiger partial charge in [-0.05, 0) is 44.0 Å². The Hall–Kier alpha value is -0.550. The molecule has 5 heteroatoms.